The van der Waals surface area contributed by atoms with E-state index in [0.717, 1.165) is 9.15 Å². The second-order valence-electron chi connectivity index (χ2n) is 6.27. The van der Waals surface area contributed by atoms with Crippen LogP contribution in [0.5, 0.6) is 5.75 Å². The molecular weight excluding hydrogens is 538 g/mol. The number of aryl methyl sites for hydroxylation is 1. The minimum absolute atomic E-state index is 0.135. The zero-order valence-electron chi connectivity index (χ0n) is 16.0. The molecule has 0 aliphatic rings. The number of nitrogens with two attached hydrogens (primary N) is 1. The minimum Gasteiger partial charge on any atom is -0.476 e. The van der Waals surface area contributed by atoms with Gasteiger partial charge in [0.25, 0.3) is 11.5 Å². The number of hydrogen-bond acceptors (Lipinski definition) is 7. The fourth-order valence-electron chi connectivity index (χ4n) is 2.76. The molecule has 12 heteroatoms. The van der Waals surface area contributed by atoms with Crippen molar-refractivity contribution in [3.8, 4) is 5.75 Å². The van der Waals surface area contributed by atoms with Crippen LogP contribution in [0.3, 0.4) is 0 Å². The number of carbonyl (C=O) groups is 1. The molecule has 0 aliphatic heterocycles. The van der Waals surface area contributed by atoms with E-state index >= 15 is 0 Å². The summed E-state index contributed by atoms with van der Waals surface area (Å²) in [6, 6.07) is 7.91. The highest BCUT2D eigenvalue weighted by molar-refractivity contribution is 9.10. The zero-order chi connectivity index (χ0) is 22.7. The molecule has 3 rings (SSSR count). The summed E-state index contributed by atoms with van der Waals surface area (Å²) in [5.41, 5.74) is 5.16. The van der Waals surface area contributed by atoms with Crippen LogP contribution in [0.1, 0.15) is 18.3 Å². The standard InChI is InChI=1S/C19H15Br2N5O5/c1-2-17-24-14-4-3-11(20)7-12(14)19(28)25(17)23-8-10-5-13(21)18(31-9-16(22)27)15(6-10)26(29)30/h3-8H,2,9H2,1H3,(H2,22,27). The lowest BCUT2D eigenvalue weighted by molar-refractivity contribution is -0.385. The van der Waals surface area contributed by atoms with E-state index in [4.69, 9.17) is 10.5 Å². The van der Waals surface area contributed by atoms with Crippen LogP contribution in [0, 0.1) is 10.1 Å². The molecule has 2 aromatic carbocycles. The molecule has 1 amide bonds. The fourth-order valence-corrected chi connectivity index (χ4v) is 3.71. The third-order valence-corrected chi connectivity index (χ3v) is 5.20. The predicted molar refractivity (Wildman–Crippen MR) is 122 cm³/mol. The number of ether oxygens (including phenoxy) is 1. The van der Waals surface area contributed by atoms with E-state index in [9.17, 15) is 19.7 Å². The average molecular weight is 553 g/mol. The molecule has 0 spiro atoms. The van der Waals surface area contributed by atoms with Crippen LogP contribution in [0.2, 0.25) is 0 Å². The third-order valence-electron chi connectivity index (χ3n) is 4.12. The first-order chi connectivity index (χ1) is 14.7. The highest BCUT2D eigenvalue weighted by Crippen LogP contribution is 2.36. The lowest BCUT2D eigenvalue weighted by Gasteiger charge is -2.09. The van der Waals surface area contributed by atoms with E-state index < -0.39 is 17.4 Å². The number of fused-ring (bicyclic) bond motifs is 1. The number of carbonyl (C=O) groups excluding carboxylic acids is 1. The highest BCUT2D eigenvalue weighted by atomic mass is 79.9. The Morgan fingerprint density at radius 1 is 1.35 bits per heavy atom. The number of rotatable bonds is 7. The quantitative estimate of drug-likeness (QED) is 0.271. The summed E-state index contributed by atoms with van der Waals surface area (Å²) < 4.78 is 7.26. The SMILES string of the molecule is CCc1nc2ccc(Br)cc2c(=O)n1N=Cc1cc(Br)c(OCC(N)=O)c([N+](=O)[O-])c1. The average Bonchev–Trinajstić information content (AvgIpc) is 2.71. The molecule has 31 heavy (non-hydrogen) atoms. The number of amides is 1. The van der Waals surface area contributed by atoms with Gasteiger partial charge in [-0.3, -0.25) is 19.7 Å². The van der Waals surface area contributed by atoms with Crippen molar-refractivity contribution in [2.75, 3.05) is 6.61 Å². The molecule has 3 aromatic rings. The molecule has 0 saturated carbocycles. The predicted octanol–water partition coefficient (Wildman–Crippen LogP) is 3.14. The number of nitro groups is 1. The molecule has 1 aromatic heterocycles. The summed E-state index contributed by atoms with van der Waals surface area (Å²) in [5.74, 6) is -0.468. The van der Waals surface area contributed by atoms with Crippen LogP contribution >= 0.6 is 31.9 Å². The molecule has 0 saturated heterocycles. The van der Waals surface area contributed by atoms with Crippen molar-refractivity contribution in [3.63, 3.8) is 0 Å². The maximum Gasteiger partial charge on any atom is 0.312 e. The first-order valence-corrected chi connectivity index (χ1v) is 10.4. The lowest BCUT2D eigenvalue weighted by atomic mass is 10.2. The van der Waals surface area contributed by atoms with Gasteiger partial charge in [0.15, 0.2) is 6.61 Å². The molecule has 0 atom stereocenters. The summed E-state index contributed by atoms with van der Waals surface area (Å²) in [6.45, 7) is 1.32. The van der Waals surface area contributed by atoms with E-state index in [0.29, 0.717) is 28.7 Å². The lowest BCUT2D eigenvalue weighted by Crippen LogP contribution is -2.22. The number of benzene rings is 2. The third kappa shape index (κ3) is 4.97. The van der Waals surface area contributed by atoms with E-state index in [1.165, 1.54) is 18.3 Å². The number of nitrogens with zero attached hydrogens (tertiary/aromatic N) is 4. The Balaban J connectivity index is 2.08. The Hall–Kier alpha value is -3.12. The van der Waals surface area contributed by atoms with Crippen LogP contribution in [0.15, 0.2) is 49.2 Å². The largest absolute Gasteiger partial charge is 0.476 e. The molecular formula is C19H15Br2N5O5. The summed E-state index contributed by atoms with van der Waals surface area (Å²) >= 11 is 6.53. The second-order valence-corrected chi connectivity index (χ2v) is 8.04. The van der Waals surface area contributed by atoms with Gasteiger partial charge in [-0.05, 0) is 40.2 Å². The Bertz CT molecular complexity index is 1290. The molecule has 1 heterocycles. The monoisotopic (exact) mass is 551 g/mol. The normalized spacial score (nSPS) is 11.2. The molecule has 2 N–H and O–H groups in total. The minimum atomic E-state index is -0.770. The fraction of sp³-hybridized carbons (Fsp3) is 0.158. The van der Waals surface area contributed by atoms with Crippen LogP contribution < -0.4 is 16.0 Å². The van der Waals surface area contributed by atoms with Crippen molar-refractivity contribution >= 4 is 60.6 Å². The number of primary amides is 1. The number of halogens is 2. The maximum absolute atomic E-state index is 12.9. The summed E-state index contributed by atoms with van der Waals surface area (Å²) in [4.78, 5) is 39.2. The van der Waals surface area contributed by atoms with Crippen LogP contribution in [-0.4, -0.2) is 33.3 Å². The second kappa shape index (κ2) is 9.35. The Labute approximate surface area is 192 Å². The number of hydrogen-bond donors (Lipinski definition) is 1. The van der Waals surface area contributed by atoms with Crippen molar-refractivity contribution in [1.82, 2.24) is 9.66 Å². The topological polar surface area (TPSA) is 143 Å². The molecule has 0 aliphatic carbocycles. The van der Waals surface area contributed by atoms with Gasteiger partial charge in [0.05, 0.1) is 26.5 Å². The van der Waals surface area contributed by atoms with Gasteiger partial charge in [-0.25, -0.2) is 4.98 Å². The molecule has 0 bridgehead atoms. The van der Waals surface area contributed by atoms with Crippen LogP contribution in [0.4, 0.5) is 5.69 Å². The Kier molecular flexibility index (Phi) is 6.81. The molecule has 0 radical (unpaired) electrons. The van der Waals surface area contributed by atoms with Gasteiger partial charge in [0, 0.05) is 22.5 Å². The first kappa shape index (κ1) is 22.6. The van der Waals surface area contributed by atoms with Gasteiger partial charge in [-0.15, -0.1) is 0 Å². The maximum atomic E-state index is 12.9. The van der Waals surface area contributed by atoms with Crippen LogP contribution in [0.25, 0.3) is 10.9 Å². The van der Waals surface area contributed by atoms with Gasteiger partial charge in [0.1, 0.15) is 5.82 Å². The zero-order valence-corrected chi connectivity index (χ0v) is 19.2. The molecule has 160 valence electrons. The summed E-state index contributed by atoms with van der Waals surface area (Å²) in [7, 11) is 0. The molecule has 0 unspecified atom stereocenters. The summed E-state index contributed by atoms with van der Waals surface area (Å²) in [6.07, 6.45) is 1.75. The molecule has 0 fully saturated rings. The van der Waals surface area contributed by atoms with E-state index in [-0.39, 0.29) is 21.5 Å². The van der Waals surface area contributed by atoms with Crippen molar-refractivity contribution in [2.45, 2.75) is 13.3 Å². The number of nitro benzene ring substituents is 1. The van der Waals surface area contributed by atoms with E-state index in [1.807, 2.05) is 6.92 Å². The highest BCUT2D eigenvalue weighted by Gasteiger charge is 2.21. The van der Waals surface area contributed by atoms with Crippen LogP contribution in [-0.2, 0) is 11.2 Å². The number of aromatic nitrogens is 2. The van der Waals surface area contributed by atoms with Crippen molar-refractivity contribution in [3.05, 3.63) is 71.1 Å². The van der Waals surface area contributed by atoms with Gasteiger partial charge in [-0.2, -0.15) is 9.78 Å². The smallest absolute Gasteiger partial charge is 0.312 e. The Morgan fingerprint density at radius 2 is 2.10 bits per heavy atom. The van der Waals surface area contributed by atoms with Crippen molar-refractivity contribution < 1.29 is 14.5 Å². The Morgan fingerprint density at radius 3 is 2.74 bits per heavy atom. The van der Waals surface area contributed by atoms with E-state index in [2.05, 4.69) is 41.9 Å². The van der Waals surface area contributed by atoms with E-state index in [1.54, 1.807) is 18.2 Å². The van der Waals surface area contributed by atoms with Gasteiger partial charge in [-0.1, -0.05) is 22.9 Å². The van der Waals surface area contributed by atoms with Crippen molar-refractivity contribution in [1.29, 1.82) is 0 Å². The summed E-state index contributed by atoms with van der Waals surface area (Å²) in [5, 5.41) is 16.0. The van der Waals surface area contributed by atoms with Crippen molar-refractivity contribution in [2.24, 2.45) is 10.8 Å². The van der Waals surface area contributed by atoms with Gasteiger partial charge in [0.2, 0.25) is 5.75 Å². The molecule has 10 nitrogen and oxygen atoms in total. The van der Waals surface area contributed by atoms with Gasteiger partial charge < -0.3 is 10.5 Å². The van der Waals surface area contributed by atoms with Gasteiger partial charge >= 0.3 is 5.69 Å². The first-order valence-electron chi connectivity index (χ1n) is 8.85.